The van der Waals surface area contributed by atoms with Gasteiger partial charge in [0.05, 0.1) is 0 Å². The van der Waals surface area contributed by atoms with Gasteiger partial charge in [-0.15, -0.1) is 0 Å². The van der Waals surface area contributed by atoms with Crippen LogP contribution in [0, 0.1) is 0 Å². The molecule has 2 amide bonds. The molecule has 4 nitrogen and oxygen atoms in total. The molecule has 0 bridgehead atoms. The van der Waals surface area contributed by atoms with Crippen molar-refractivity contribution in [2.45, 2.75) is 41.7 Å². The number of nitrogens with two attached hydrogens (primary N) is 1. The molecular weight excluding hydrogens is 319 g/mol. The van der Waals surface area contributed by atoms with Crippen LogP contribution in [0.4, 0.5) is 4.79 Å². The van der Waals surface area contributed by atoms with Crippen molar-refractivity contribution in [1.82, 2.24) is 5.32 Å². The van der Waals surface area contributed by atoms with E-state index in [-0.39, 0.29) is 0 Å². The Labute approximate surface area is 113 Å². The third kappa shape index (κ3) is 3.98. The first-order valence-corrected chi connectivity index (χ1v) is 13.4. The van der Waals surface area contributed by atoms with Gasteiger partial charge in [0.25, 0.3) is 0 Å². The second-order valence-electron chi connectivity index (χ2n) is 4.51. The quantitative estimate of drug-likeness (QED) is 0.678. The standard InChI is InChI=1S/C10H19AsN2O2S2/c12-10(15)13-8-3-1-7(2-4-8)11-16-6-9(5-14)17-11/h7-9,14H,1-6H2,(H3,12,13,15). The zero-order valence-electron chi connectivity index (χ0n) is 9.67. The predicted molar refractivity (Wildman–Crippen MR) is 75.4 cm³/mol. The van der Waals surface area contributed by atoms with Crippen molar-refractivity contribution in [3.63, 3.8) is 0 Å². The Hall–Kier alpha value is 0.488. The number of aliphatic hydroxyl groups excluding tert-OH is 1. The molecule has 2 unspecified atom stereocenters. The summed E-state index contributed by atoms with van der Waals surface area (Å²) in [6.07, 6.45) is 4.60. The van der Waals surface area contributed by atoms with E-state index in [2.05, 4.69) is 25.4 Å². The van der Waals surface area contributed by atoms with Crippen molar-refractivity contribution in [3.8, 4) is 0 Å². The Bertz CT molecular complexity index is 275. The van der Waals surface area contributed by atoms with E-state index in [1.807, 2.05) is 0 Å². The molecule has 0 radical (unpaired) electrons. The monoisotopic (exact) mass is 338 g/mol. The molecule has 1 aliphatic carbocycles. The summed E-state index contributed by atoms with van der Waals surface area (Å²) >= 11 is -0.842. The normalized spacial score (nSPS) is 37.9. The van der Waals surface area contributed by atoms with Gasteiger partial charge in [-0.05, 0) is 0 Å². The van der Waals surface area contributed by atoms with Crippen LogP contribution in [-0.2, 0) is 0 Å². The summed E-state index contributed by atoms with van der Waals surface area (Å²) in [6, 6.07) is -0.0970. The number of amides is 2. The molecule has 2 rings (SSSR count). The fraction of sp³-hybridized carbons (Fsp3) is 0.900. The first-order valence-electron chi connectivity index (χ1n) is 5.94. The molecule has 4 N–H and O–H groups in total. The maximum atomic E-state index is 10.8. The Morgan fingerprint density at radius 2 is 2.12 bits per heavy atom. The summed E-state index contributed by atoms with van der Waals surface area (Å²) in [5.41, 5.74) is 5.14. The van der Waals surface area contributed by atoms with E-state index in [4.69, 9.17) is 10.8 Å². The summed E-state index contributed by atoms with van der Waals surface area (Å²) < 4.78 is 0.875. The molecule has 0 aromatic rings. The molecular formula is C10H19AsN2O2S2. The second-order valence-corrected chi connectivity index (χ2v) is 16.9. The van der Waals surface area contributed by atoms with E-state index in [9.17, 15) is 4.79 Å². The average Bonchev–Trinajstić information content (AvgIpc) is 2.78. The van der Waals surface area contributed by atoms with E-state index in [1.165, 1.54) is 12.8 Å². The van der Waals surface area contributed by atoms with Gasteiger partial charge in [-0.25, -0.2) is 0 Å². The Morgan fingerprint density at radius 3 is 2.65 bits per heavy atom. The van der Waals surface area contributed by atoms with Crippen molar-refractivity contribution in [2.75, 3.05) is 12.4 Å². The van der Waals surface area contributed by atoms with E-state index < -0.39 is 18.4 Å². The first kappa shape index (κ1) is 13.9. The first-order chi connectivity index (χ1) is 8.19. The molecule has 1 saturated heterocycles. The summed E-state index contributed by atoms with van der Waals surface area (Å²) in [7, 11) is 4.21. The van der Waals surface area contributed by atoms with Gasteiger partial charge in [0.2, 0.25) is 0 Å². The molecule has 2 fully saturated rings. The third-order valence-electron chi connectivity index (χ3n) is 3.19. The van der Waals surface area contributed by atoms with E-state index in [0.29, 0.717) is 17.9 Å². The molecule has 0 aromatic carbocycles. The van der Waals surface area contributed by atoms with Crippen LogP contribution in [0.25, 0.3) is 0 Å². The summed E-state index contributed by atoms with van der Waals surface area (Å²) in [5.74, 6) is 1.14. The number of carbonyl (C=O) groups excluding carboxylic acids is 1. The van der Waals surface area contributed by atoms with Gasteiger partial charge in [0.15, 0.2) is 0 Å². The number of aliphatic hydroxyl groups is 1. The van der Waals surface area contributed by atoms with Crippen molar-refractivity contribution < 1.29 is 9.90 Å². The van der Waals surface area contributed by atoms with Crippen LogP contribution in [0.5, 0.6) is 0 Å². The van der Waals surface area contributed by atoms with E-state index in [0.717, 1.165) is 23.3 Å². The molecule has 0 aromatic heterocycles. The number of carbonyl (C=O) groups is 1. The Morgan fingerprint density at radius 1 is 1.41 bits per heavy atom. The summed E-state index contributed by atoms with van der Waals surface area (Å²) in [4.78, 5) is 10.8. The zero-order valence-corrected chi connectivity index (χ0v) is 13.2. The van der Waals surface area contributed by atoms with Gasteiger partial charge < -0.3 is 0 Å². The van der Waals surface area contributed by atoms with Crippen molar-refractivity contribution in [3.05, 3.63) is 0 Å². The van der Waals surface area contributed by atoms with Gasteiger partial charge in [-0.1, -0.05) is 0 Å². The average molecular weight is 338 g/mol. The number of hydrogen-bond donors (Lipinski definition) is 3. The van der Waals surface area contributed by atoms with Crippen molar-refractivity contribution in [1.29, 1.82) is 0 Å². The Balaban J connectivity index is 1.74. The number of nitrogens with one attached hydrogen (secondary N) is 1. The molecule has 1 saturated carbocycles. The molecule has 0 spiro atoms. The van der Waals surface area contributed by atoms with Gasteiger partial charge in [0.1, 0.15) is 0 Å². The van der Waals surface area contributed by atoms with Crippen LogP contribution < -0.4 is 11.1 Å². The minimum atomic E-state index is -0.842. The fourth-order valence-electron chi connectivity index (χ4n) is 2.27. The maximum absolute atomic E-state index is 10.8. The molecule has 1 aliphatic heterocycles. The molecule has 98 valence electrons. The number of urea groups is 1. The van der Waals surface area contributed by atoms with Crippen molar-refractivity contribution >= 4 is 38.4 Å². The van der Waals surface area contributed by atoms with Crippen LogP contribution >= 0.6 is 20.0 Å². The number of hydrogen-bond acceptors (Lipinski definition) is 4. The predicted octanol–water partition coefficient (Wildman–Crippen LogP) is 1.30. The molecule has 2 aliphatic rings. The molecule has 17 heavy (non-hydrogen) atoms. The van der Waals surface area contributed by atoms with Crippen LogP contribution in [0.3, 0.4) is 0 Å². The molecule has 7 heteroatoms. The van der Waals surface area contributed by atoms with Gasteiger partial charge >= 0.3 is 113 Å². The zero-order chi connectivity index (χ0) is 12.3. The second kappa shape index (κ2) is 6.60. The van der Waals surface area contributed by atoms with Gasteiger partial charge in [-0.2, -0.15) is 0 Å². The van der Waals surface area contributed by atoms with Crippen LogP contribution in [0.2, 0.25) is 4.71 Å². The van der Waals surface area contributed by atoms with Crippen molar-refractivity contribution in [2.24, 2.45) is 5.73 Å². The van der Waals surface area contributed by atoms with Gasteiger partial charge in [-0.3, -0.25) is 0 Å². The molecule has 2 atom stereocenters. The van der Waals surface area contributed by atoms with Gasteiger partial charge in [0, 0.05) is 0 Å². The summed E-state index contributed by atoms with van der Waals surface area (Å²) in [5, 5.41) is 12.5. The molecule has 1 heterocycles. The minimum absolute atomic E-state index is 0.295. The van der Waals surface area contributed by atoms with Crippen LogP contribution in [0.15, 0.2) is 0 Å². The third-order valence-corrected chi connectivity index (χ3v) is 19.2. The SMILES string of the molecule is NC(=O)NC1CCC([As]2SCC(CO)S2)CC1. The Kier molecular flexibility index (Phi) is 5.40. The van der Waals surface area contributed by atoms with Crippen LogP contribution in [0.1, 0.15) is 25.7 Å². The summed E-state index contributed by atoms with van der Waals surface area (Å²) in [6.45, 7) is 0.335. The fourth-order valence-corrected chi connectivity index (χ4v) is 20.4. The van der Waals surface area contributed by atoms with E-state index in [1.54, 1.807) is 0 Å². The number of primary amides is 1. The number of rotatable bonds is 3. The van der Waals surface area contributed by atoms with Crippen LogP contribution in [-0.4, -0.2) is 47.1 Å². The van der Waals surface area contributed by atoms with E-state index >= 15 is 0 Å². The topological polar surface area (TPSA) is 75.4 Å².